The van der Waals surface area contributed by atoms with Crippen LogP contribution in [0.5, 0.6) is 0 Å². The number of carboxylic acid groups (broad SMARTS) is 1. The standard InChI is InChI=1S/C8H12N4O4/c1-2-5-10-6(12-11-5)7(14)9-3-4(13)8(15)16/h4,13H,2-3H2,1H3,(H,9,14)(H,15,16)(H,10,11,12)/t4-/m0/s1. The number of aliphatic hydroxyl groups is 1. The molecule has 0 aliphatic carbocycles. The van der Waals surface area contributed by atoms with E-state index in [1.165, 1.54) is 0 Å². The van der Waals surface area contributed by atoms with Gasteiger partial charge in [-0.05, 0) is 0 Å². The summed E-state index contributed by atoms with van der Waals surface area (Å²) in [4.78, 5) is 25.4. The van der Waals surface area contributed by atoms with Gasteiger partial charge in [0.15, 0.2) is 6.10 Å². The summed E-state index contributed by atoms with van der Waals surface area (Å²) in [6.07, 6.45) is -1.02. The van der Waals surface area contributed by atoms with E-state index < -0.39 is 18.0 Å². The largest absolute Gasteiger partial charge is 0.479 e. The first-order valence-corrected chi connectivity index (χ1v) is 4.65. The predicted octanol–water partition coefficient (Wildman–Crippen LogP) is -1.46. The smallest absolute Gasteiger partial charge is 0.334 e. The van der Waals surface area contributed by atoms with Gasteiger partial charge in [-0.1, -0.05) is 6.92 Å². The van der Waals surface area contributed by atoms with E-state index in [0.717, 1.165) is 0 Å². The fraction of sp³-hybridized carbons (Fsp3) is 0.500. The summed E-state index contributed by atoms with van der Waals surface area (Å²) in [7, 11) is 0. The van der Waals surface area contributed by atoms with Gasteiger partial charge in [0.2, 0.25) is 5.82 Å². The molecule has 0 saturated heterocycles. The third kappa shape index (κ3) is 3.02. The van der Waals surface area contributed by atoms with Crippen LogP contribution in [0.2, 0.25) is 0 Å². The van der Waals surface area contributed by atoms with Gasteiger partial charge >= 0.3 is 5.97 Å². The lowest BCUT2D eigenvalue weighted by Crippen LogP contribution is -2.36. The Hall–Kier alpha value is -1.96. The summed E-state index contributed by atoms with van der Waals surface area (Å²) in [6, 6.07) is 0. The molecule has 1 atom stereocenters. The van der Waals surface area contributed by atoms with Gasteiger partial charge < -0.3 is 15.5 Å². The van der Waals surface area contributed by atoms with Crippen molar-refractivity contribution in [3.05, 3.63) is 11.6 Å². The Morgan fingerprint density at radius 2 is 2.25 bits per heavy atom. The number of carboxylic acids is 1. The molecule has 0 saturated carbocycles. The maximum Gasteiger partial charge on any atom is 0.334 e. The Morgan fingerprint density at radius 3 is 2.75 bits per heavy atom. The number of aromatic amines is 1. The molecule has 16 heavy (non-hydrogen) atoms. The highest BCUT2D eigenvalue weighted by Crippen LogP contribution is 1.93. The summed E-state index contributed by atoms with van der Waals surface area (Å²) in [6.45, 7) is 1.46. The first-order chi connectivity index (χ1) is 7.54. The second-order valence-electron chi connectivity index (χ2n) is 3.02. The van der Waals surface area contributed by atoms with E-state index in [1.807, 2.05) is 6.92 Å². The zero-order valence-corrected chi connectivity index (χ0v) is 8.60. The number of amides is 1. The van der Waals surface area contributed by atoms with Crippen LogP contribution in [0.1, 0.15) is 23.4 Å². The van der Waals surface area contributed by atoms with E-state index in [4.69, 9.17) is 10.2 Å². The molecule has 8 nitrogen and oxygen atoms in total. The lowest BCUT2D eigenvalue weighted by atomic mass is 10.3. The van der Waals surface area contributed by atoms with Gasteiger partial charge in [0, 0.05) is 6.42 Å². The van der Waals surface area contributed by atoms with Crippen molar-refractivity contribution in [3.63, 3.8) is 0 Å². The van der Waals surface area contributed by atoms with Crippen molar-refractivity contribution in [1.82, 2.24) is 20.5 Å². The van der Waals surface area contributed by atoms with E-state index in [1.54, 1.807) is 0 Å². The van der Waals surface area contributed by atoms with Gasteiger partial charge in [-0.15, -0.1) is 5.10 Å². The predicted molar refractivity (Wildman–Crippen MR) is 51.7 cm³/mol. The Balaban J connectivity index is 2.49. The Bertz CT molecular complexity index is 389. The Kier molecular flexibility index (Phi) is 3.95. The third-order valence-electron chi connectivity index (χ3n) is 1.81. The van der Waals surface area contributed by atoms with Gasteiger partial charge in [0.1, 0.15) is 5.82 Å². The van der Waals surface area contributed by atoms with Crippen LogP contribution in [0, 0.1) is 0 Å². The molecule has 1 aromatic heterocycles. The third-order valence-corrected chi connectivity index (χ3v) is 1.81. The summed E-state index contributed by atoms with van der Waals surface area (Å²) in [5, 5.41) is 25.7. The number of hydrogen-bond donors (Lipinski definition) is 4. The molecule has 0 spiro atoms. The molecule has 4 N–H and O–H groups in total. The van der Waals surface area contributed by atoms with E-state index >= 15 is 0 Å². The van der Waals surface area contributed by atoms with Crippen LogP contribution in [-0.4, -0.2) is 49.9 Å². The quantitative estimate of drug-likeness (QED) is 0.487. The normalized spacial score (nSPS) is 12.1. The molecule has 0 aromatic carbocycles. The number of aromatic nitrogens is 3. The molecule has 0 aliphatic rings. The van der Waals surface area contributed by atoms with E-state index in [9.17, 15) is 9.59 Å². The first-order valence-electron chi connectivity index (χ1n) is 4.65. The van der Waals surface area contributed by atoms with Crippen molar-refractivity contribution < 1.29 is 19.8 Å². The van der Waals surface area contributed by atoms with Crippen molar-refractivity contribution in [2.45, 2.75) is 19.4 Å². The highest BCUT2D eigenvalue weighted by molar-refractivity contribution is 5.90. The molecule has 0 bridgehead atoms. The number of rotatable bonds is 5. The van der Waals surface area contributed by atoms with Gasteiger partial charge in [0.25, 0.3) is 5.91 Å². The van der Waals surface area contributed by atoms with Crippen LogP contribution >= 0.6 is 0 Å². The van der Waals surface area contributed by atoms with Crippen LogP contribution in [0.3, 0.4) is 0 Å². The Morgan fingerprint density at radius 1 is 1.56 bits per heavy atom. The molecule has 0 radical (unpaired) electrons. The summed E-state index contributed by atoms with van der Waals surface area (Å²) < 4.78 is 0. The van der Waals surface area contributed by atoms with Crippen LogP contribution < -0.4 is 5.32 Å². The van der Waals surface area contributed by atoms with E-state index in [0.29, 0.717) is 12.2 Å². The highest BCUT2D eigenvalue weighted by atomic mass is 16.4. The number of nitrogens with zero attached hydrogens (tertiary/aromatic N) is 2. The van der Waals surface area contributed by atoms with Crippen molar-refractivity contribution >= 4 is 11.9 Å². The lowest BCUT2D eigenvalue weighted by Gasteiger charge is -2.05. The monoisotopic (exact) mass is 228 g/mol. The van der Waals surface area contributed by atoms with Crippen molar-refractivity contribution in [3.8, 4) is 0 Å². The summed E-state index contributed by atoms with van der Waals surface area (Å²) in [5.41, 5.74) is 0. The van der Waals surface area contributed by atoms with Crippen LogP contribution in [0.25, 0.3) is 0 Å². The van der Waals surface area contributed by atoms with Crippen LogP contribution in [-0.2, 0) is 11.2 Å². The molecule has 1 aromatic rings. The zero-order chi connectivity index (χ0) is 12.1. The summed E-state index contributed by atoms with van der Waals surface area (Å²) in [5.74, 6) is -1.54. The minimum Gasteiger partial charge on any atom is -0.479 e. The average Bonchev–Trinajstić information content (AvgIpc) is 2.73. The second-order valence-corrected chi connectivity index (χ2v) is 3.02. The molecule has 0 fully saturated rings. The SMILES string of the molecule is CCc1nc(C(=O)NC[C@H](O)C(=O)O)n[nH]1. The highest BCUT2D eigenvalue weighted by Gasteiger charge is 2.17. The van der Waals surface area contributed by atoms with Gasteiger partial charge in [-0.2, -0.15) is 0 Å². The minimum absolute atomic E-state index is 0.0746. The van der Waals surface area contributed by atoms with Crippen molar-refractivity contribution in [2.75, 3.05) is 6.54 Å². The zero-order valence-electron chi connectivity index (χ0n) is 8.60. The topological polar surface area (TPSA) is 128 Å². The number of nitrogens with one attached hydrogen (secondary N) is 2. The summed E-state index contributed by atoms with van der Waals surface area (Å²) >= 11 is 0. The van der Waals surface area contributed by atoms with Crippen LogP contribution in [0.15, 0.2) is 0 Å². The van der Waals surface area contributed by atoms with Crippen LogP contribution in [0.4, 0.5) is 0 Å². The van der Waals surface area contributed by atoms with E-state index in [2.05, 4.69) is 20.5 Å². The van der Waals surface area contributed by atoms with Gasteiger partial charge in [-0.3, -0.25) is 9.89 Å². The second kappa shape index (κ2) is 5.21. The fourth-order valence-electron chi connectivity index (χ4n) is 0.911. The molecular formula is C8H12N4O4. The molecule has 1 rings (SSSR count). The number of aliphatic hydroxyl groups excluding tert-OH is 1. The van der Waals surface area contributed by atoms with Crippen molar-refractivity contribution in [2.24, 2.45) is 0 Å². The number of carbonyl (C=O) groups excluding carboxylic acids is 1. The number of hydrogen-bond acceptors (Lipinski definition) is 5. The molecule has 0 unspecified atom stereocenters. The maximum absolute atomic E-state index is 11.3. The molecule has 1 amide bonds. The molecule has 88 valence electrons. The minimum atomic E-state index is -1.63. The van der Waals surface area contributed by atoms with Gasteiger partial charge in [-0.25, -0.2) is 9.78 Å². The lowest BCUT2D eigenvalue weighted by molar-refractivity contribution is -0.146. The molecule has 0 aliphatic heterocycles. The van der Waals surface area contributed by atoms with E-state index in [-0.39, 0.29) is 12.4 Å². The first kappa shape index (κ1) is 12.1. The van der Waals surface area contributed by atoms with Gasteiger partial charge in [0.05, 0.1) is 6.54 Å². The maximum atomic E-state index is 11.3. The molecular weight excluding hydrogens is 216 g/mol. The molecule has 1 heterocycles. The number of aliphatic carboxylic acids is 1. The Labute approximate surface area is 90.7 Å². The fourth-order valence-corrected chi connectivity index (χ4v) is 0.911. The molecule has 8 heteroatoms. The average molecular weight is 228 g/mol. The van der Waals surface area contributed by atoms with Crippen molar-refractivity contribution in [1.29, 1.82) is 0 Å². The number of aryl methyl sites for hydroxylation is 1. The number of carbonyl (C=O) groups is 2. The number of H-pyrrole nitrogens is 1.